The van der Waals surface area contributed by atoms with Crippen LogP contribution >= 0.6 is 11.6 Å². The summed E-state index contributed by atoms with van der Waals surface area (Å²) in [6.07, 6.45) is -1.07. The van der Waals surface area contributed by atoms with E-state index in [9.17, 15) is 22.8 Å². The number of anilines is 5. The van der Waals surface area contributed by atoms with Gasteiger partial charge in [0.2, 0.25) is 18.1 Å². The van der Waals surface area contributed by atoms with Gasteiger partial charge in [-0.25, -0.2) is 9.78 Å². The van der Waals surface area contributed by atoms with Gasteiger partial charge in [-0.1, -0.05) is 23.7 Å². The van der Waals surface area contributed by atoms with E-state index in [2.05, 4.69) is 43.4 Å². The van der Waals surface area contributed by atoms with Crippen molar-refractivity contribution in [3.8, 4) is 0 Å². The summed E-state index contributed by atoms with van der Waals surface area (Å²) in [4.78, 5) is 44.8. The zero-order chi connectivity index (χ0) is 31.0. The normalized spacial score (nSPS) is 15.9. The maximum atomic E-state index is 13.3. The lowest BCUT2D eigenvalue weighted by Crippen LogP contribution is -2.47. The van der Waals surface area contributed by atoms with E-state index in [1.807, 2.05) is 37.3 Å². The molecular formula is C29H31ClF3N7O3. The topological polar surface area (TPSA) is 128 Å². The van der Waals surface area contributed by atoms with Crippen LogP contribution in [0, 0.1) is 5.92 Å². The minimum Gasteiger partial charge on any atom is -0.339 e. The molecule has 0 radical (unpaired) electrons. The molecule has 3 amide bonds. The second-order valence-corrected chi connectivity index (χ2v) is 10.4. The number of carbonyl (C=O) groups is 3. The Hall–Kier alpha value is -4.39. The third-order valence-electron chi connectivity index (χ3n) is 6.78. The third-order valence-corrected chi connectivity index (χ3v) is 7.05. The molecule has 1 unspecified atom stereocenters. The summed E-state index contributed by atoms with van der Waals surface area (Å²) in [6, 6.07) is 13.8. The van der Waals surface area contributed by atoms with Crippen LogP contribution in [0.1, 0.15) is 30.9 Å². The molecule has 2 aliphatic rings. The van der Waals surface area contributed by atoms with Crippen LogP contribution in [-0.4, -0.2) is 58.9 Å². The maximum Gasteiger partial charge on any atom is 0.446 e. The van der Waals surface area contributed by atoms with Crippen molar-refractivity contribution in [3.63, 3.8) is 0 Å². The fourth-order valence-electron chi connectivity index (χ4n) is 4.74. The summed E-state index contributed by atoms with van der Waals surface area (Å²) in [5.74, 6) is 0.618. The van der Waals surface area contributed by atoms with E-state index in [-0.39, 0.29) is 17.9 Å². The van der Waals surface area contributed by atoms with Crippen LogP contribution in [0.2, 0.25) is 5.02 Å². The monoisotopic (exact) mass is 617 g/mol. The summed E-state index contributed by atoms with van der Waals surface area (Å²) < 4.78 is 31.2. The minimum absolute atomic E-state index is 0.0661. The van der Waals surface area contributed by atoms with Crippen LogP contribution in [0.15, 0.2) is 48.7 Å². The summed E-state index contributed by atoms with van der Waals surface area (Å²) >= 11 is 6.37. The number of aryl methyl sites for hydroxylation is 2. The van der Waals surface area contributed by atoms with Gasteiger partial charge in [-0.2, -0.15) is 18.2 Å². The molecule has 5 rings (SSSR count). The number of carbonyl (C=O) groups excluding carboxylic acids is 3. The maximum absolute atomic E-state index is 13.3. The average Bonchev–Trinajstić information content (AvgIpc) is 2.99. The van der Waals surface area contributed by atoms with Gasteiger partial charge in [0.1, 0.15) is 5.02 Å². The first kappa shape index (κ1) is 31.5. The number of hydrogen-bond acceptors (Lipinski definition) is 7. The van der Waals surface area contributed by atoms with Crippen LogP contribution in [0.3, 0.4) is 0 Å². The molecule has 228 valence electrons. The number of alkyl halides is 3. The quantitative estimate of drug-likeness (QED) is 0.272. The largest absolute Gasteiger partial charge is 0.446 e. The Morgan fingerprint density at radius 3 is 2.65 bits per heavy atom. The van der Waals surface area contributed by atoms with Gasteiger partial charge in [-0.15, -0.1) is 0 Å². The molecule has 4 N–H and O–H groups in total. The molecule has 1 fully saturated rings. The first-order valence-electron chi connectivity index (χ1n) is 13.7. The van der Waals surface area contributed by atoms with Gasteiger partial charge in [0.05, 0.1) is 12.1 Å². The van der Waals surface area contributed by atoms with Crippen molar-refractivity contribution in [2.45, 2.75) is 38.8 Å². The summed E-state index contributed by atoms with van der Waals surface area (Å²) in [5.41, 5.74) is 4.62. The van der Waals surface area contributed by atoms with Crippen LogP contribution in [0.25, 0.3) is 0 Å². The first-order chi connectivity index (χ1) is 20.5. The highest BCUT2D eigenvalue weighted by Gasteiger charge is 2.29. The van der Waals surface area contributed by atoms with Gasteiger partial charge in [-0.05, 0) is 74.1 Å². The number of nitrogens with zero attached hydrogens (tertiary/aromatic N) is 3. The molecular weight excluding hydrogens is 587 g/mol. The van der Waals surface area contributed by atoms with Gasteiger partial charge < -0.3 is 26.2 Å². The molecule has 3 aromatic rings. The van der Waals surface area contributed by atoms with E-state index in [0.29, 0.717) is 36.4 Å². The number of nitrogens with one attached hydrogen (secondary N) is 4. The highest BCUT2D eigenvalue weighted by molar-refractivity contribution is 6.32. The van der Waals surface area contributed by atoms with Crippen molar-refractivity contribution >= 4 is 58.7 Å². The molecule has 0 aliphatic carbocycles. The number of rotatable bonds is 3. The summed E-state index contributed by atoms with van der Waals surface area (Å²) in [6.45, 7) is 3.54. The highest BCUT2D eigenvalue weighted by Crippen LogP contribution is 2.30. The second-order valence-electron chi connectivity index (χ2n) is 9.98. The second kappa shape index (κ2) is 14.2. The summed E-state index contributed by atoms with van der Waals surface area (Å²) in [7, 11) is 0. The number of urea groups is 1. The molecule has 43 heavy (non-hydrogen) atoms. The zero-order valence-corrected chi connectivity index (χ0v) is 24.1. The van der Waals surface area contributed by atoms with Crippen LogP contribution in [0.5, 0.6) is 0 Å². The molecule has 2 aromatic carbocycles. The number of aldehydes is 1. The smallest absolute Gasteiger partial charge is 0.339 e. The molecule has 6 bridgehead atoms. The number of halogens is 4. The average molecular weight is 618 g/mol. The number of amides is 3. The van der Waals surface area contributed by atoms with E-state index in [1.165, 1.54) is 0 Å². The van der Waals surface area contributed by atoms with Gasteiger partial charge in [0.15, 0.2) is 5.82 Å². The number of benzene rings is 2. The number of piperidine rings is 1. The number of hydrogen-bond donors (Lipinski definition) is 4. The number of aromatic nitrogens is 2. The van der Waals surface area contributed by atoms with E-state index in [4.69, 9.17) is 16.4 Å². The Morgan fingerprint density at radius 2 is 1.91 bits per heavy atom. The Labute approximate surface area is 251 Å². The molecule has 10 nitrogen and oxygen atoms in total. The van der Waals surface area contributed by atoms with Gasteiger partial charge in [0.25, 0.3) is 0 Å². The first-order valence-corrected chi connectivity index (χ1v) is 14.1. The van der Waals surface area contributed by atoms with Crippen molar-refractivity contribution in [2.24, 2.45) is 5.92 Å². The zero-order valence-electron chi connectivity index (χ0n) is 23.3. The van der Waals surface area contributed by atoms with Gasteiger partial charge in [-0.3, -0.25) is 9.59 Å². The SMILES string of the molecule is CCNC(=O)N1CCCC(C(=O)Nc2ccc3cc2CCc2cccc(c2)Nc2ncc(Cl)c(n2)N3)C1.O=CC(F)(F)F. The predicted octanol–water partition coefficient (Wildman–Crippen LogP) is 5.84. The fourth-order valence-corrected chi connectivity index (χ4v) is 4.88. The lowest BCUT2D eigenvalue weighted by molar-refractivity contribution is -0.156. The Kier molecular flexibility index (Phi) is 10.4. The lowest BCUT2D eigenvalue weighted by atomic mass is 9.96. The van der Waals surface area contributed by atoms with Crippen LogP contribution in [-0.2, 0) is 22.4 Å². The van der Waals surface area contributed by atoms with E-state index < -0.39 is 12.5 Å². The molecule has 14 heteroatoms. The summed E-state index contributed by atoms with van der Waals surface area (Å²) in [5, 5.41) is 12.9. The number of likely N-dealkylation sites (tertiary alicyclic amines) is 1. The van der Waals surface area contributed by atoms with Crippen LogP contribution in [0.4, 0.5) is 46.8 Å². The van der Waals surface area contributed by atoms with Crippen molar-refractivity contribution in [1.29, 1.82) is 0 Å². The lowest BCUT2D eigenvalue weighted by Gasteiger charge is -2.32. The molecule has 1 aromatic heterocycles. The molecule has 1 atom stereocenters. The van der Waals surface area contributed by atoms with Crippen LogP contribution < -0.4 is 21.3 Å². The molecule has 0 spiro atoms. The van der Waals surface area contributed by atoms with Crippen molar-refractivity contribution in [2.75, 3.05) is 35.6 Å². The molecule has 2 aliphatic heterocycles. The predicted molar refractivity (Wildman–Crippen MR) is 158 cm³/mol. The third kappa shape index (κ3) is 9.05. The Balaban J connectivity index is 0.000000641. The van der Waals surface area contributed by atoms with E-state index in [1.54, 1.807) is 11.1 Å². The number of fused-ring (bicyclic) bond motifs is 6. The highest BCUT2D eigenvalue weighted by atomic mass is 35.5. The van der Waals surface area contributed by atoms with Crippen molar-refractivity contribution < 1.29 is 27.6 Å². The van der Waals surface area contributed by atoms with E-state index in [0.717, 1.165) is 53.9 Å². The van der Waals surface area contributed by atoms with Gasteiger partial charge >= 0.3 is 12.2 Å². The van der Waals surface area contributed by atoms with E-state index >= 15 is 0 Å². The standard InChI is InChI=1S/C27H30ClN7O2.C2HF3O/c1-2-29-27(37)35-12-4-6-19(16-35)25(36)33-23-11-10-21-14-18(23)9-8-17-5-3-7-20(13-17)32-26-30-15-22(28)24(31-21)34-26;3-2(4,5)1-6/h3,5,7,10-11,13-15,19H,2,4,6,8-9,12,16H2,1H3,(H,29,37)(H,33,36)(H2,30,31,32,34);1H. The molecule has 3 heterocycles. The Morgan fingerprint density at radius 1 is 1.14 bits per heavy atom. The van der Waals surface area contributed by atoms with Crippen molar-refractivity contribution in [1.82, 2.24) is 20.2 Å². The Bertz CT molecular complexity index is 1470. The van der Waals surface area contributed by atoms with Gasteiger partial charge in [0, 0.05) is 36.7 Å². The molecule has 0 saturated carbocycles. The minimum atomic E-state index is -4.64. The fraction of sp³-hybridized carbons (Fsp3) is 0.345. The van der Waals surface area contributed by atoms with Crippen molar-refractivity contribution in [3.05, 3.63) is 64.8 Å². The molecule has 1 saturated heterocycles.